The number of aliphatic hydroxyl groups excluding tert-OH is 1. The van der Waals surface area contributed by atoms with Crippen molar-refractivity contribution < 1.29 is 9.50 Å². The number of hydrogen-bond donors (Lipinski definition) is 2. The Morgan fingerprint density at radius 2 is 2.26 bits per heavy atom. The Morgan fingerprint density at radius 1 is 1.42 bits per heavy atom. The summed E-state index contributed by atoms with van der Waals surface area (Å²) in [5.41, 5.74) is 0.628. The van der Waals surface area contributed by atoms with E-state index in [2.05, 4.69) is 5.32 Å². The van der Waals surface area contributed by atoms with Crippen LogP contribution in [-0.4, -0.2) is 11.7 Å². The summed E-state index contributed by atoms with van der Waals surface area (Å²) >= 11 is 1.56. The highest BCUT2D eigenvalue weighted by Crippen LogP contribution is 2.27. The largest absolute Gasteiger partial charge is 0.396 e. The Kier molecular flexibility index (Phi) is 4.50. The lowest BCUT2D eigenvalue weighted by molar-refractivity contribution is 0.280. The van der Waals surface area contributed by atoms with Gasteiger partial charge in [0.05, 0.1) is 23.4 Å². The van der Waals surface area contributed by atoms with E-state index in [1.54, 1.807) is 23.5 Å². The third kappa shape index (κ3) is 3.31. The van der Waals surface area contributed by atoms with Gasteiger partial charge in [-0.1, -0.05) is 6.07 Å². The van der Waals surface area contributed by atoms with Crippen LogP contribution < -0.4 is 5.32 Å². The van der Waals surface area contributed by atoms with E-state index < -0.39 is 5.82 Å². The minimum absolute atomic E-state index is 0.0213. The van der Waals surface area contributed by atoms with Crippen LogP contribution >= 0.6 is 11.3 Å². The zero-order valence-corrected chi connectivity index (χ0v) is 11.0. The number of rotatable bonds is 5. The number of thiophene rings is 1. The quantitative estimate of drug-likeness (QED) is 0.881. The molecule has 3 nitrogen and oxygen atoms in total. The maximum atomic E-state index is 13.8. The molecule has 0 saturated heterocycles. The normalized spacial score (nSPS) is 11.8. The van der Waals surface area contributed by atoms with E-state index >= 15 is 0 Å². The molecule has 0 amide bonds. The molecule has 1 unspecified atom stereocenters. The Labute approximate surface area is 114 Å². The van der Waals surface area contributed by atoms with Crippen molar-refractivity contribution in [1.82, 2.24) is 0 Å². The van der Waals surface area contributed by atoms with E-state index in [-0.39, 0.29) is 18.2 Å². The van der Waals surface area contributed by atoms with E-state index in [9.17, 15) is 4.39 Å². The lowest BCUT2D eigenvalue weighted by Crippen LogP contribution is -2.12. The maximum Gasteiger partial charge on any atom is 0.147 e. The van der Waals surface area contributed by atoms with Crippen LogP contribution in [0.4, 0.5) is 10.1 Å². The molecule has 0 saturated carbocycles. The molecule has 2 aromatic rings. The number of nitriles is 1. The molecule has 0 bridgehead atoms. The predicted octanol–water partition coefficient (Wildman–Crippen LogP) is 3.29. The fourth-order valence-electron chi connectivity index (χ4n) is 1.79. The molecule has 0 radical (unpaired) electrons. The first kappa shape index (κ1) is 13.5. The van der Waals surface area contributed by atoms with Crippen molar-refractivity contribution in [3.63, 3.8) is 0 Å². The van der Waals surface area contributed by atoms with Gasteiger partial charge in [0.1, 0.15) is 5.82 Å². The second-order valence-electron chi connectivity index (χ2n) is 4.03. The standard InChI is InChI=1S/C14H13FN2OS/c15-11-8-10(9-16)3-4-12(11)17-13(5-6-18)14-2-1-7-19-14/h1-4,7-8,13,17-18H,5-6H2. The van der Waals surface area contributed by atoms with Crippen LogP contribution in [0.1, 0.15) is 22.9 Å². The molecule has 1 aromatic heterocycles. The molecule has 19 heavy (non-hydrogen) atoms. The average molecular weight is 276 g/mol. The number of halogens is 1. The minimum atomic E-state index is -0.460. The highest BCUT2D eigenvalue weighted by molar-refractivity contribution is 7.10. The summed E-state index contributed by atoms with van der Waals surface area (Å²) in [6.45, 7) is 0.0213. The summed E-state index contributed by atoms with van der Waals surface area (Å²) in [5.74, 6) is -0.460. The molecular formula is C14H13FN2OS. The van der Waals surface area contributed by atoms with Crippen molar-refractivity contribution in [3.05, 3.63) is 52.0 Å². The van der Waals surface area contributed by atoms with Crippen LogP contribution in [0.5, 0.6) is 0 Å². The van der Waals surface area contributed by atoms with Crippen molar-refractivity contribution in [2.24, 2.45) is 0 Å². The molecule has 0 fully saturated rings. The van der Waals surface area contributed by atoms with Gasteiger partial charge in [-0.15, -0.1) is 11.3 Å². The van der Waals surface area contributed by atoms with Crippen molar-refractivity contribution in [2.45, 2.75) is 12.5 Å². The zero-order chi connectivity index (χ0) is 13.7. The van der Waals surface area contributed by atoms with E-state index in [1.165, 1.54) is 6.07 Å². The molecule has 0 aliphatic carbocycles. The van der Waals surface area contributed by atoms with E-state index in [0.29, 0.717) is 12.1 Å². The summed E-state index contributed by atoms with van der Waals surface area (Å²) in [7, 11) is 0. The summed E-state index contributed by atoms with van der Waals surface area (Å²) in [6, 6.07) is 9.94. The highest BCUT2D eigenvalue weighted by Gasteiger charge is 2.14. The van der Waals surface area contributed by atoms with Crippen molar-refractivity contribution in [2.75, 3.05) is 11.9 Å². The van der Waals surface area contributed by atoms with Crippen LogP contribution in [0.25, 0.3) is 0 Å². The molecule has 5 heteroatoms. The molecule has 1 heterocycles. The van der Waals surface area contributed by atoms with Gasteiger partial charge in [0.2, 0.25) is 0 Å². The van der Waals surface area contributed by atoms with Crippen LogP contribution in [0.2, 0.25) is 0 Å². The smallest absolute Gasteiger partial charge is 0.147 e. The number of anilines is 1. The highest BCUT2D eigenvalue weighted by atomic mass is 32.1. The first-order valence-corrected chi connectivity index (χ1v) is 6.73. The molecule has 1 aromatic carbocycles. The fraction of sp³-hybridized carbons (Fsp3) is 0.214. The molecule has 2 rings (SSSR count). The number of aliphatic hydroxyl groups is 1. The summed E-state index contributed by atoms with van der Waals surface area (Å²) in [5, 5.41) is 22.8. The molecule has 0 aliphatic rings. The summed E-state index contributed by atoms with van der Waals surface area (Å²) in [4.78, 5) is 1.04. The number of nitrogens with zero attached hydrogens (tertiary/aromatic N) is 1. The van der Waals surface area contributed by atoms with Crippen LogP contribution in [0.15, 0.2) is 35.7 Å². The average Bonchev–Trinajstić information content (AvgIpc) is 2.94. The molecule has 2 N–H and O–H groups in total. The Morgan fingerprint density at radius 3 is 2.84 bits per heavy atom. The van der Waals surface area contributed by atoms with Gasteiger partial charge in [-0.05, 0) is 36.1 Å². The van der Waals surface area contributed by atoms with Crippen molar-refractivity contribution in [1.29, 1.82) is 5.26 Å². The molecule has 0 aliphatic heterocycles. The third-order valence-electron chi connectivity index (χ3n) is 2.73. The number of benzene rings is 1. The monoisotopic (exact) mass is 276 g/mol. The molecular weight excluding hydrogens is 263 g/mol. The van der Waals surface area contributed by atoms with Crippen LogP contribution in [-0.2, 0) is 0 Å². The SMILES string of the molecule is N#Cc1ccc(NC(CCO)c2cccs2)c(F)c1. The lowest BCUT2D eigenvalue weighted by atomic mass is 10.1. The van der Waals surface area contributed by atoms with E-state index in [4.69, 9.17) is 10.4 Å². The second kappa shape index (κ2) is 6.32. The second-order valence-corrected chi connectivity index (χ2v) is 5.01. The van der Waals surface area contributed by atoms with E-state index in [0.717, 1.165) is 4.88 Å². The molecule has 1 atom stereocenters. The van der Waals surface area contributed by atoms with Gasteiger partial charge >= 0.3 is 0 Å². The van der Waals surface area contributed by atoms with Gasteiger partial charge < -0.3 is 10.4 Å². The Hall–Kier alpha value is -1.90. The molecule has 0 spiro atoms. The van der Waals surface area contributed by atoms with Crippen molar-refractivity contribution in [3.8, 4) is 6.07 Å². The minimum Gasteiger partial charge on any atom is -0.396 e. The molecule has 98 valence electrons. The van der Waals surface area contributed by atoms with Gasteiger partial charge in [-0.2, -0.15) is 5.26 Å². The first-order chi connectivity index (χ1) is 9.24. The fourth-order valence-corrected chi connectivity index (χ4v) is 2.61. The van der Waals surface area contributed by atoms with Crippen LogP contribution in [0.3, 0.4) is 0 Å². The van der Waals surface area contributed by atoms with Gasteiger partial charge in [-0.3, -0.25) is 0 Å². The number of hydrogen-bond acceptors (Lipinski definition) is 4. The Bertz CT molecular complexity index is 578. The predicted molar refractivity (Wildman–Crippen MR) is 73.5 cm³/mol. The summed E-state index contributed by atoms with van der Waals surface area (Å²) in [6.07, 6.45) is 0.500. The van der Waals surface area contributed by atoms with Gasteiger partial charge in [0.15, 0.2) is 0 Å². The van der Waals surface area contributed by atoms with E-state index in [1.807, 2.05) is 23.6 Å². The van der Waals surface area contributed by atoms with Gasteiger partial charge in [0.25, 0.3) is 0 Å². The third-order valence-corrected chi connectivity index (χ3v) is 3.72. The van der Waals surface area contributed by atoms with Gasteiger partial charge in [-0.25, -0.2) is 4.39 Å². The number of nitrogens with one attached hydrogen (secondary N) is 1. The first-order valence-electron chi connectivity index (χ1n) is 5.85. The van der Waals surface area contributed by atoms with Crippen LogP contribution in [0, 0.1) is 17.1 Å². The summed E-state index contributed by atoms with van der Waals surface area (Å²) < 4.78 is 13.8. The maximum absolute atomic E-state index is 13.8. The Balaban J connectivity index is 2.20. The lowest BCUT2D eigenvalue weighted by Gasteiger charge is -2.18. The van der Waals surface area contributed by atoms with Gasteiger partial charge in [0, 0.05) is 11.5 Å². The topological polar surface area (TPSA) is 56.0 Å². The van der Waals surface area contributed by atoms with Crippen molar-refractivity contribution >= 4 is 17.0 Å². The zero-order valence-electron chi connectivity index (χ0n) is 10.1.